The number of hydrogen-bond donors (Lipinski definition) is 1. The summed E-state index contributed by atoms with van der Waals surface area (Å²) in [5, 5.41) is 9.99. The first kappa shape index (κ1) is 20.4. The second kappa shape index (κ2) is 8.86. The molecule has 2 heteroatoms. The molecule has 0 aliphatic heterocycles. The van der Waals surface area contributed by atoms with Crippen LogP contribution in [-0.2, 0) is 12.6 Å². The third-order valence-corrected chi connectivity index (χ3v) is 6.10. The van der Waals surface area contributed by atoms with Gasteiger partial charge in [0.1, 0.15) is 5.75 Å². The molecule has 0 aromatic heterocycles. The summed E-state index contributed by atoms with van der Waals surface area (Å²) in [6.45, 7) is 3.91. The highest BCUT2D eigenvalue weighted by atomic mass is 31.0. The van der Waals surface area contributed by atoms with Gasteiger partial charge in [0, 0.05) is 0 Å². The zero-order valence-electron chi connectivity index (χ0n) is 17.5. The van der Waals surface area contributed by atoms with Gasteiger partial charge in [-0.15, -0.1) is 9.24 Å². The van der Waals surface area contributed by atoms with Gasteiger partial charge >= 0.3 is 0 Å². The maximum atomic E-state index is 9.99. The molecule has 4 rings (SSSR count). The monoisotopic (exact) mass is 410 g/mol. The minimum Gasteiger partial charge on any atom is -0.507 e. The Morgan fingerprint density at radius 2 is 1.10 bits per heavy atom. The lowest BCUT2D eigenvalue weighted by Gasteiger charge is -2.10. The zero-order valence-corrected chi connectivity index (χ0v) is 18.7. The van der Waals surface area contributed by atoms with Gasteiger partial charge in [0.15, 0.2) is 0 Å². The summed E-state index contributed by atoms with van der Waals surface area (Å²) < 4.78 is 0. The van der Waals surface area contributed by atoms with Crippen LogP contribution in [0.2, 0.25) is 0 Å². The molecule has 30 heavy (non-hydrogen) atoms. The molecular formula is C28H27OP. The van der Waals surface area contributed by atoms with E-state index in [0.717, 1.165) is 23.7 Å². The van der Waals surface area contributed by atoms with E-state index >= 15 is 0 Å². The molecule has 0 saturated carbocycles. The van der Waals surface area contributed by atoms with Crippen LogP contribution in [0, 0.1) is 13.8 Å². The molecule has 0 spiro atoms. The van der Waals surface area contributed by atoms with E-state index in [4.69, 9.17) is 0 Å². The van der Waals surface area contributed by atoms with E-state index in [1.54, 1.807) is 0 Å². The van der Waals surface area contributed by atoms with Crippen molar-refractivity contribution in [1.82, 2.24) is 0 Å². The van der Waals surface area contributed by atoms with Crippen molar-refractivity contribution in [2.24, 2.45) is 0 Å². The molecule has 150 valence electrons. The predicted molar refractivity (Wildman–Crippen MR) is 131 cm³/mol. The van der Waals surface area contributed by atoms with Crippen molar-refractivity contribution in [2.75, 3.05) is 0 Å². The van der Waals surface area contributed by atoms with Crippen molar-refractivity contribution in [1.29, 1.82) is 0 Å². The summed E-state index contributed by atoms with van der Waals surface area (Å²) in [4.78, 5) is 0. The van der Waals surface area contributed by atoms with E-state index < -0.39 is 0 Å². The van der Waals surface area contributed by atoms with Crippen LogP contribution >= 0.6 is 9.24 Å². The van der Waals surface area contributed by atoms with Crippen LogP contribution in [0.3, 0.4) is 0 Å². The highest BCUT2D eigenvalue weighted by Crippen LogP contribution is 2.28. The van der Waals surface area contributed by atoms with Gasteiger partial charge in [-0.25, -0.2) is 0 Å². The van der Waals surface area contributed by atoms with Crippen molar-refractivity contribution < 1.29 is 5.11 Å². The number of phenols is 1. The molecule has 0 saturated heterocycles. The Kier molecular flexibility index (Phi) is 6.02. The summed E-state index contributed by atoms with van der Waals surface area (Å²) in [5.74, 6) is 0.400. The summed E-state index contributed by atoms with van der Waals surface area (Å²) >= 11 is 0. The van der Waals surface area contributed by atoms with Crippen LogP contribution in [0.15, 0.2) is 84.9 Å². The van der Waals surface area contributed by atoms with Crippen molar-refractivity contribution in [3.63, 3.8) is 0 Å². The van der Waals surface area contributed by atoms with Gasteiger partial charge < -0.3 is 5.11 Å². The molecule has 4 aromatic rings. The quantitative estimate of drug-likeness (QED) is 0.342. The van der Waals surface area contributed by atoms with Crippen LogP contribution in [0.5, 0.6) is 5.75 Å². The lowest BCUT2D eigenvalue weighted by molar-refractivity contribution is 0.466. The van der Waals surface area contributed by atoms with Crippen molar-refractivity contribution >= 4 is 9.24 Å². The van der Waals surface area contributed by atoms with Gasteiger partial charge in [0.25, 0.3) is 0 Å². The smallest absolute Gasteiger partial charge is 0.121 e. The number of aryl methyl sites for hydroxylation is 2. The molecular weight excluding hydrogens is 383 g/mol. The largest absolute Gasteiger partial charge is 0.507 e. The first-order chi connectivity index (χ1) is 14.5. The second-order valence-electron chi connectivity index (χ2n) is 7.93. The van der Waals surface area contributed by atoms with Gasteiger partial charge in [-0.1, -0.05) is 78.9 Å². The predicted octanol–water partition coefficient (Wildman–Crippen LogP) is 7.31. The van der Waals surface area contributed by atoms with Crippen molar-refractivity contribution in [3.05, 3.63) is 113 Å². The van der Waals surface area contributed by atoms with E-state index in [-0.39, 0.29) is 0 Å². The lowest BCUT2D eigenvalue weighted by atomic mass is 9.96. The minimum absolute atomic E-state index is 0.400. The van der Waals surface area contributed by atoms with Crippen LogP contribution < -0.4 is 0 Å². The number of rotatable bonds is 5. The Morgan fingerprint density at radius 3 is 1.60 bits per heavy atom. The maximum absolute atomic E-state index is 9.99. The summed E-state index contributed by atoms with van der Waals surface area (Å²) in [7, 11) is 2.77. The zero-order chi connectivity index (χ0) is 21.1. The molecule has 4 aromatic carbocycles. The highest BCUT2D eigenvalue weighted by Gasteiger charge is 2.06. The molecule has 0 fully saturated rings. The van der Waals surface area contributed by atoms with Crippen LogP contribution in [-0.4, -0.2) is 5.11 Å². The first-order valence-corrected chi connectivity index (χ1v) is 11.1. The van der Waals surface area contributed by atoms with Gasteiger partial charge in [-0.05, 0) is 82.6 Å². The molecule has 0 heterocycles. The molecule has 1 nitrogen and oxygen atoms in total. The Bertz CT molecular complexity index is 1140. The van der Waals surface area contributed by atoms with Gasteiger partial charge in [-0.3, -0.25) is 0 Å². The topological polar surface area (TPSA) is 20.2 Å². The molecule has 1 atom stereocenters. The van der Waals surface area contributed by atoms with E-state index in [9.17, 15) is 5.11 Å². The van der Waals surface area contributed by atoms with Gasteiger partial charge in [0.05, 0.1) is 0 Å². The average Bonchev–Trinajstić information content (AvgIpc) is 2.78. The molecule has 0 amide bonds. The van der Waals surface area contributed by atoms with Crippen LogP contribution in [0.1, 0.15) is 27.8 Å². The Hall–Kier alpha value is -2.89. The third-order valence-electron chi connectivity index (χ3n) is 5.63. The Morgan fingerprint density at radius 1 is 0.600 bits per heavy atom. The molecule has 0 bridgehead atoms. The fourth-order valence-electron chi connectivity index (χ4n) is 3.91. The SMILES string of the molecule is Cc1cc(Cc2ccc(-c3cccc(-c4ccc(CP)cc4)c3)cc2)cc(C)c1O. The van der Waals surface area contributed by atoms with E-state index in [2.05, 4.69) is 94.2 Å². The van der Waals surface area contributed by atoms with Crippen molar-refractivity contribution in [3.8, 4) is 28.0 Å². The lowest BCUT2D eigenvalue weighted by Crippen LogP contribution is -1.92. The fourth-order valence-corrected chi connectivity index (χ4v) is 4.18. The van der Waals surface area contributed by atoms with Gasteiger partial charge in [0.2, 0.25) is 0 Å². The second-order valence-corrected chi connectivity index (χ2v) is 8.34. The Labute approximate surface area is 181 Å². The minimum atomic E-state index is 0.400. The van der Waals surface area contributed by atoms with E-state index in [1.807, 2.05) is 13.8 Å². The first-order valence-electron chi connectivity index (χ1n) is 10.3. The molecule has 0 radical (unpaired) electrons. The third kappa shape index (κ3) is 4.48. The molecule has 0 aliphatic carbocycles. The average molecular weight is 410 g/mol. The molecule has 0 aliphatic rings. The summed E-state index contributed by atoms with van der Waals surface area (Å²) in [6, 6.07) is 30.5. The number of phenolic OH excluding ortho intramolecular Hbond substituents is 1. The van der Waals surface area contributed by atoms with Crippen molar-refractivity contribution in [2.45, 2.75) is 26.4 Å². The number of benzene rings is 4. The summed E-state index contributed by atoms with van der Waals surface area (Å²) in [6.07, 6.45) is 1.85. The molecule has 1 unspecified atom stereocenters. The number of hydrogen-bond acceptors (Lipinski definition) is 1. The molecule has 1 N–H and O–H groups in total. The van der Waals surface area contributed by atoms with Crippen LogP contribution in [0.4, 0.5) is 0 Å². The van der Waals surface area contributed by atoms with E-state index in [1.165, 1.54) is 38.9 Å². The van der Waals surface area contributed by atoms with Crippen LogP contribution in [0.25, 0.3) is 22.3 Å². The Balaban J connectivity index is 1.55. The fraction of sp³-hybridized carbons (Fsp3) is 0.143. The maximum Gasteiger partial charge on any atom is 0.121 e. The van der Waals surface area contributed by atoms with E-state index in [0.29, 0.717) is 5.75 Å². The number of aromatic hydroxyl groups is 1. The highest BCUT2D eigenvalue weighted by molar-refractivity contribution is 7.15. The standard InChI is InChI=1S/C28H27OP/c1-19-14-23(15-20(2)28(19)29)16-21-6-10-24(11-7-21)26-4-3-5-27(17-26)25-12-8-22(18-30)9-13-25/h3-15,17,29H,16,18,30H2,1-2H3. The van der Waals surface area contributed by atoms with Gasteiger partial charge in [-0.2, -0.15) is 0 Å². The normalized spacial score (nSPS) is 10.9. The summed E-state index contributed by atoms with van der Waals surface area (Å²) in [5.41, 5.74) is 10.6.